The van der Waals surface area contributed by atoms with Gasteiger partial charge in [-0.05, 0) is 53.6 Å². The fraction of sp³-hybridized carbons (Fsp3) is 0.154. The van der Waals surface area contributed by atoms with E-state index in [-0.39, 0.29) is 18.1 Å². The number of hydrogen-bond acceptors (Lipinski definition) is 7. The van der Waals surface area contributed by atoms with E-state index in [9.17, 15) is 27.1 Å². The van der Waals surface area contributed by atoms with E-state index in [4.69, 9.17) is 5.11 Å². The molecule has 0 saturated carbocycles. The summed E-state index contributed by atoms with van der Waals surface area (Å²) >= 11 is 1.44. The fourth-order valence-electron chi connectivity index (χ4n) is 4.18. The van der Waals surface area contributed by atoms with Gasteiger partial charge in [-0.3, -0.25) is 14.5 Å². The fourth-order valence-corrected chi connectivity index (χ4v) is 6.25. The Hall–Kier alpha value is -3.71. The summed E-state index contributed by atoms with van der Waals surface area (Å²) in [6.07, 6.45) is 1.85. The minimum absolute atomic E-state index is 0.0450. The van der Waals surface area contributed by atoms with E-state index in [0.29, 0.717) is 23.7 Å². The number of anilines is 1. The van der Waals surface area contributed by atoms with Crippen LogP contribution in [-0.4, -0.2) is 53.7 Å². The van der Waals surface area contributed by atoms with Gasteiger partial charge in [0.1, 0.15) is 16.5 Å². The molecule has 0 fully saturated rings. The van der Waals surface area contributed by atoms with Gasteiger partial charge in [0, 0.05) is 46.2 Å². The zero-order valence-electron chi connectivity index (χ0n) is 19.6. The highest BCUT2D eigenvalue weighted by atomic mass is 32.2. The molecule has 5 rings (SSSR count). The first-order valence-corrected chi connectivity index (χ1v) is 13.7. The molecule has 0 radical (unpaired) electrons. The first kappa shape index (κ1) is 25.9. The minimum Gasteiger partial charge on any atom is -0.394 e. The van der Waals surface area contributed by atoms with Crippen LogP contribution in [0.2, 0.25) is 0 Å². The quantitative estimate of drug-likeness (QED) is 0.303. The normalized spacial score (nSPS) is 14.0. The van der Waals surface area contributed by atoms with Crippen molar-refractivity contribution in [1.29, 1.82) is 0 Å². The van der Waals surface area contributed by atoms with Gasteiger partial charge >= 0.3 is 0 Å². The van der Waals surface area contributed by atoms with Crippen LogP contribution in [0, 0.1) is 11.6 Å². The summed E-state index contributed by atoms with van der Waals surface area (Å²) in [5, 5.41) is 18.8. The van der Waals surface area contributed by atoms with Crippen molar-refractivity contribution in [2.45, 2.75) is 17.5 Å². The number of fused-ring (bicyclic) bond motifs is 1. The Morgan fingerprint density at radius 2 is 1.79 bits per heavy atom. The van der Waals surface area contributed by atoms with Crippen LogP contribution in [0.25, 0.3) is 20.9 Å². The molecule has 3 heterocycles. The standard InChI is InChI=1S/C26H21F2N3O5S2/c27-18-2-6-25(22(28)9-18)38(35,36)30-19-8-16(10-29-11-19)24-5-4-23(37-24)15-1-3-21-17(7-15)12-31(26(21)34)13-20(33)14-32/h1-11,20,30,32-33H,12-14H2. The monoisotopic (exact) mass is 557 g/mol. The highest BCUT2D eigenvalue weighted by molar-refractivity contribution is 7.92. The minimum atomic E-state index is -4.31. The number of aromatic nitrogens is 1. The Kier molecular flexibility index (Phi) is 6.97. The molecule has 0 aliphatic carbocycles. The number of halogens is 2. The van der Waals surface area contributed by atoms with Gasteiger partial charge in [-0.15, -0.1) is 11.3 Å². The summed E-state index contributed by atoms with van der Waals surface area (Å²) in [6.45, 7) is -0.0502. The van der Waals surface area contributed by atoms with Gasteiger partial charge < -0.3 is 15.1 Å². The highest BCUT2D eigenvalue weighted by Gasteiger charge is 2.29. The van der Waals surface area contributed by atoms with Crippen molar-refractivity contribution in [1.82, 2.24) is 9.88 Å². The molecule has 2 aromatic carbocycles. The van der Waals surface area contributed by atoms with Crippen LogP contribution in [0.5, 0.6) is 0 Å². The molecule has 38 heavy (non-hydrogen) atoms. The molecule has 4 aromatic rings. The number of sulfonamides is 1. The van der Waals surface area contributed by atoms with E-state index in [2.05, 4.69) is 9.71 Å². The number of thiophene rings is 1. The van der Waals surface area contributed by atoms with Crippen molar-refractivity contribution >= 4 is 33.0 Å². The summed E-state index contributed by atoms with van der Waals surface area (Å²) < 4.78 is 54.8. The van der Waals surface area contributed by atoms with E-state index in [1.807, 2.05) is 24.3 Å². The highest BCUT2D eigenvalue weighted by Crippen LogP contribution is 2.37. The Morgan fingerprint density at radius 3 is 2.53 bits per heavy atom. The number of carbonyl (C=O) groups excluding carboxylic acids is 1. The Labute approximate surface area is 220 Å². The molecule has 2 aromatic heterocycles. The number of aliphatic hydroxyl groups excluding tert-OH is 2. The second kappa shape index (κ2) is 10.2. The van der Waals surface area contributed by atoms with E-state index in [1.165, 1.54) is 22.4 Å². The van der Waals surface area contributed by atoms with E-state index in [1.54, 1.807) is 18.3 Å². The number of carbonyl (C=O) groups is 1. The first-order chi connectivity index (χ1) is 18.1. The number of β-amino-alcohol motifs (C(OH)–C–C–N with tert-alkyl or cyclic N) is 1. The van der Waals surface area contributed by atoms with Crippen molar-refractivity contribution in [2.24, 2.45) is 0 Å². The number of benzene rings is 2. The zero-order chi connectivity index (χ0) is 27.0. The van der Waals surface area contributed by atoms with Crippen molar-refractivity contribution in [3.8, 4) is 20.9 Å². The third kappa shape index (κ3) is 5.16. The van der Waals surface area contributed by atoms with Gasteiger partial charge in [0.2, 0.25) is 0 Å². The maximum absolute atomic E-state index is 14.0. The number of nitrogens with one attached hydrogen (secondary N) is 1. The van der Waals surface area contributed by atoms with Crippen molar-refractivity contribution in [3.05, 3.63) is 89.8 Å². The van der Waals surface area contributed by atoms with Gasteiger partial charge in [-0.1, -0.05) is 6.07 Å². The third-order valence-electron chi connectivity index (χ3n) is 5.97. The largest absolute Gasteiger partial charge is 0.394 e. The lowest BCUT2D eigenvalue weighted by molar-refractivity contribution is 0.0475. The summed E-state index contributed by atoms with van der Waals surface area (Å²) in [5.74, 6) is -2.28. The Morgan fingerprint density at radius 1 is 1.03 bits per heavy atom. The SMILES string of the molecule is O=C1c2ccc(-c3ccc(-c4cncc(NS(=O)(=O)c5ccc(F)cc5F)c4)s3)cc2CN1CC(O)CO. The van der Waals surface area contributed by atoms with Gasteiger partial charge in [-0.2, -0.15) is 0 Å². The van der Waals surface area contributed by atoms with Gasteiger partial charge in [0.15, 0.2) is 0 Å². The average molecular weight is 558 g/mol. The molecular formula is C26H21F2N3O5S2. The number of nitrogens with zero attached hydrogens (tertiary/aromatic N) is 2. The summed E-state index contributed by atoms with van der Waals surface area (Å²) in [7, 11) is -4.31. The molecule has 3 N–H and O–H groups in total. The molecule has 1 aliphatic rings. The van der Waals surface area contributed by atoms with E-state index < -0.39 is 39.3 Å². The Balaban J connectivity index is 1.36. The molecule has 1 amide bonds. The van der Waals surface area contributed by atoms with Crippen molar-refractivity contribution in [2.75, 3.05) is 17.9 Å². The lowest BCUT2D eigenvalue weighted by Gasteiger charge is -2.18. The second-order valence-corrected chi connectivity index (χ2v) is 11.4. The number of amides is 1. The number of hydrogen-bond donors (Lipinski definition) is 3. The third-order valence-corrected chi connectivity index (χ3v) is 8.57. The van der Waals surface area contributed by atoms with Crippen LogP contribution in [0.15, 0.2) is 71.9 Å². The molecule has 1 aliphatic heterocycles. The summed E-state index contributed by atoms with van der Waals surface area (Å²) in [5.41, 5.74) is 2.99. The van der Waals surface area contributed by atoms with Crippen LogP contribution in [0.3, 0.4) is 0 Å². The van der Waals surface area contributed by atoms with E-state index in [0.717, 1.165) is 33.0 Å². The first-order valence-electron chi connectivity index (χ1n) is 11.4. The summed E-state index contributed by atoms with van der Waals surface area (Å²) in [6, 6.07) is 13.0. The predicted octanol–water partition coefficient (Wildman–Crippen LogP) is 3.87. The number of rotatable bonds is 8. The van der Waals surface area contributed by atoms with Crippen LogP contribution in [0.4, 0.5) is 14.5 Å². The van der Waals surface area contributed by atoms with Crippen molar-refractivity contribution in [3.63, 3.8) is 0 Å². The van der Waals surface area contributed by atoms with Crippen LogP contribution < -0.4 is 4.72 Å². The number of aliphatic hydroxyl groups is 2. The molecule has 1 unspecified atom stereocenters. The second-order valence-electron chi connectivity index (χ2n) is 8.70. The maximum atomic E-state index is 14.0. The smallest absolute Gasteiger partial charge is 0.264 e. The Bertz CT molecular complexity index is 1640. The molecule has 0 spiro atoms. The van der Waals surface area contributed by atoms with Gasteiger partial charge in [0.25, 0.3) is 15.9 Å². The topological polar surface area (TPSA) is 120 Å². The molecule has 0 bridgehead atoms. The molecule has 12 heteroatoms. The molecule has 196 valence electrons. The lowest BCUT2D eigenvalue weighted by Crippen LogP contribution is -2.34. The maximum Gasteiger partial charge on any atom is 0.264 e. The summed E-state index contributed by atoms with van der Waals surface area (Å²) in [4.78, 5) is 19.2. The number of pyridine rings is 1. The van der Waals surface area contributed by atoms with Crippen LogP contribution in [-0.2, 0) is 16.6 Å². The van der Waals surface area contributed by atoms with Gasteiger partial charge in [-0.25, -0.2) is 17.2 Å². The molecular weight excluding hydrogens is 536 g/mol. The van der Waals surface area contributed by atoms with Crippen LogP contribution in [0.1, 0.15) is 15.9 Å². The van der Waals surface area contributed by atoms with Gasteiger partial charge in [0.05, 0.1) is 24.6 Å². The molecule has 0 saturated heterocycles. The average Bonchev–Trinajstić information content (AvgIpc) is 3.49. The predicted molar refractivity (Wildman–Crippen MR) is 138 cm³/mol. The zero-order valence-corrected chi connectivity index (χ0v) is 21.3. The molecule has 8 nitrogen and oxygen atoms in total. The lowest BCUT2D eigenvalue weighted by atomic mass is 10.1. The van der Waals surface area contributed by atoms with E-state index >= 15 is 0 Å². The van der Waals surface area contributed by atoms with Crippen LogP contribution >= 0.6 is 11.3 Å². The van der Waals surface area contributed by atoms with Crippen molar-refractivity contribution < 1.29 is 32.2 Å². The molecule has 1 atom stereocenters.